The molecule has 36 heavy (non-hydrogen) atoms. The van der Waals surface area contributed by atoms with Crippen molar-refractivity contribution >= 4 is 45.5 Å². The van der Waals surface area contributed by atoms with E-state index in [0.717, 1.165) is 33.4 Å². The summed E-state index contributed by atoms with van der Waals surface area (Å²) in [5, 5.41) is 17.0. The second-order valence-electron chi connectivity index (χ2n) is 8.52. The van der Waals surface area contributed by atoms with E-state index < -0.39 is 0 Å². The van der Waals surface area contributed by atoms with Crippen LogP contribution in [0.4, 0.5) is 5.69 Å². The van der Waals surface area contributed by atoms with E-state index in [1.165, 1.54) is 27.8 Å². The Kier molecular flexibility index (Phi) is 7.02. The number of thioether (sulfide) groups is 1. The average molecular weight is 511 g/mol. The van der Waals surface area contributed by atoms with Crippen molar-refractivity contribution in [1.82, 2.24) is 14.8 Å². The second-order valence-corrected chi connectivity index (χ2v) is 10.5. The fourth-order valence-corrected chi connectivity index (χ4v) is 5.85. The molecular formula is C29H26N4OS2. The summed E-state index contributed by atoms with van der Waals surface area (Å²) in [5.74, 6) is 0.927. The molecule has 5 rings (SSSR count). The molecule has 0 atom stereocenters. The predicted octanol–water partition coefficient (Wildman–Crippen LogP) is 7.36. The van der Waals surface area contributed by atoms with E-state index in [1.807, 2.05) is 53.1 Å². The van der Waals surface area contributed by atoms with Gasteiger partial charge in [-0.15, -0.1) is 28.1 Å². The molecule has 0 bridgehead atoms. The first-order valence-electron chi connectivity index (χ1n) is 11.6. The first-order valence-corrected chi connectivity index (χ1v) is 13.5. The largest absolute Gasteiger partial charge is 0.325 e. The van der Waals surface area contributed by atoms with Gasteiger partial charge in [0.1, 0.15) is 0 Å². The van der Waals surface area contributed by atoms with Gasteiger partial charge in [0.25, 0.3) is 0 Å². The maximum atomic E-state index is 12.8. The standard InChI is InChI=1S/C29H26N4OS2/c1-4-16-33-28(24-17-35-20(3)27(24)22-14-12-19(2)13-15-22)31-32-29(33)36-18-26(34)30-25-11-7-9-21-8-5-6-10-23(21)25/h4-15,17H,1,16,18H2,2-3H3,(H,30,34). The van der Waals surface area contributed by atoms with Crippen LogP contribution in [0.1, 0.15) is 10.4 Å². The number of nitrogens with zero attached hydrogens (tertiary/aromatic N) is 3. The zero-order chi connectivity index (χ0) is 25.1. The van der Waals surface area contributed by atoms with Gasteiger partial charge in [-0.1, -0.05) is 84.1 Å². The Hall–Kier alpha value is -3.68. The SMILES string of the molecule is C=CCn1c(SCC(=O)Nc2cccc3ccccc23)nnc1-c1csc(C)c1-c1ccc(C)cc1. The number of aromatic nitrogens is 3. The molecule has 180 valence electrons. The zero-order valence-electron chi connectivity index (χ0n) is 20.2. The van der Waals surface area contributed by atoms with E-state index >= 15 is 0 Å². The molecule has 0 aliphatic rings. The van der Waals surface area contributed by atoms with Gasteiger partial charge >= 0.3 is 0 Å². The Balaban J connectivity index is 1.39. The number of hydrogen-bond acceptors (Lipinski definition) is 5. The van der Waals surface area contributed by atoms with Crippen molar-refractivity contribution in [3.63, 3.8) is 0 Å². The number of carbonyl (C=O) groups excluding carboxylic acids is 1. The van der Waals surface area contributed by atoms with E-state index in [4.69, 9.17) is 0 Å². The summed E-state index contributed by atoms with van der Waals surface area (Å²) in [7, 11) is 0. The number of nitrogens with one attached hydrogen (secondary N) is 1. The van der Waals surface area contributed by atoms with Crippen LogP contribution in [-0.2, 0) is 11.3 Å². The zero-order valence-corrected chi connectivity index (χ0v) is 21.8. The van der Waals surface area contributed by atoms with Crippen LogP contribution < -0.4 is 5.32 Å². The van der Waals surface area contributed by atoms with E-state index in [2.05, 4.69) is 65.6 Å². The molecule has 1 N–H and O–H groups in total. The molecule has 1 amide bonds. The molecule has 5 nitrogen and oxygen atoms in total. The highest BCUT2D eigenvalue weighted by molar-refractivity contribution is 7.99. The maximum absolute atomic E-state index is 12.8. The Labute approximate surface area is 218 Å². The molecule has 0 spiro atoms. The summed E-state index contributed by atoms with van der Waals surface area (Å²) >= 11 is 3.08. The first-order chi connectivity index (χ1) is 17.5. The van der Waals surface area contributed by atoms with Gasteiger partial charge in [0.15, 0.2) is 11.0 Å². The Morgan fingerprint density at radius 2 is 1.83 bits per heavy atom. The lowest BCUT2D eigenvalue weighted by atomic mass is 10.0. The number of thiophene rings is 1. The summed E-state index contributed by atoms with van der Waals surface area (Å²) in [6, 6.07) is 22.5. The van der Waals surface area contributed by atoms with E-state index in [9.17, 15) is 4.79 Å². The molecule has 0 saturated carbocycles. The number of carbonyl (C=O) groups is 1. The van der Waals surface area contributed by atoms with Crippen LogP contribution in [-0.4, -0.2) is 26.4 Å². The third-order valence-electron chi connectivity index (χ3n) is 5.98. The number of benzene rings is 3. The van der Waals surface area contributed by atoms with Gasteiger partial charge in [0.2, 0.25) is 5.91 Å². The lowest BCUT2D eigenvalue weighted by molar-refractivity contribution is -0.113. The van der Waals surface area contributed by atoms with E-state index in [0.29, 0.717) is 11.7 Å². The molecule has 2 heterocycles. The summed E-state index contributed by atoms with van der Waals surface area (Å²) in [4.78, 5) is 14.1. The molecular weight excluding hydrogens is 484 g/mol. The number of allylic oxidation sites excluding steroid dienone is 1. The Morgan fingerprint density at radius 3 is 2.64 bits per heavy atom. The van der Waals surface area contributed by atoms with Crippen LogP contribution in [0.5, 0.6) is 0 Å². The Morgan fingerprint density at radius 1 is 1.06 bits per heavy atom. The van der Waals surface area contributed by atoms with Gasteiger partial charge in [0, 0.05) is 39.0 Å². The molecule has 0 unspecified atom stereocenters. The van der Waals surface area contributed by atoms with Gasteiger partial charge in [-0.25, -0.2) is 0 Å². The minimum absolute atomic E-state index is 0.0854. The van der Waals surface area contributed by atoms with Gasteiger partial charge in [-0.2, -0.15) is 0 Å². The van der Waals surface area contributed by atoms with Crippen molar-refractivity contribution in [3.05, 3.63) is 95.2 Å². The number of hydrogen-bond donors (Lipinski definition) is 1. The summed E-state index contributed by atoms with van der Waals surface area (Å²) in [5.41, 5.74) is 5.41. The highest BCUT2D eigenvalue weighted by Crippen LogP contribution is 2.39. The van der Waals surface area contributed by atoms with Crippen LogP contribution in [0, 0.1) is 13.8 Å². The molecule has 0 aliphatic heterocycles. The monoisotopic (exact) mass is 510 g/mol. The number of anilines is 1. The van der Waals surface area contributed by atoms with Crippen LogP contribution in [0.15, 0.2) is 89.9 Å². The van der Waals surface area contributed by atoms with Crippen molar-refractivity contribution in [2.45, 2.75) is 25.5 Å². The smallest absolute Gasteiger partial charge is 0.234 e. The minimum Gasteiger partial charge on any atom is -0.325 e. The lowest BCUT2D eigenvalue weighted by Gasteiger charge is -2.11. The third-order valence-corrected chi connectivity index (χ3v) is 7.86. The maximum Gasteiger partial charge on any atom is 0.234 e. The summed E-state index contributed by atoms with van der Waals surface area (Å²) in [6.45, 7) is 8.70. The first kappa shape index (κ1) is 24.0. The van der Waals surface area contributed by atoms with Gasteiger partial charge < -0.3 is 5.32 Å². The van der Waals surface area contributed by atoms with Crippen molar-refractivity contribution in [1.29, 1.82) is 0 Å². The molecule has 2 aromatic heterocycles. The van der Waals surface area contributed by atoms with Crippen molar-refractivity contribution < 1.29 is 4.79 Å². The van der Waals surface area contributed by atoms with Crippen molar-refractivity contribution in [2.75, 3.05) is 11.1 Å². The van der Waals surface area contributed by atoms with Gasteiger partial charge in [0.05, 0.1) is 5.75 Å². The van der Waals surface area contributed by atoms with Crippen LogP contribution in [0.2, 0.25) is 0 Å². The fourth-order valence-electron chi connectivity index (χ4n) is 4.24. The van der Waals surface area contributed by atoms with Gasteiger partial charge in [-0.05, 0) is 30.9 Å². The van der Waals surface area contributed by atoms with Crippen molar-refractivity contribution in [2.24, 2.45) is 0 Å². The molecule has 3 aromatic carbocycles. The highest BCUT2D eigenvalue weighted by atomic mass is 32.2. The molecule has 0 aliphatic carbocycles. The average Bonchev–Trinajstić information content (AvgIpc) is 3.46. The number of aryl methyl sites for hydroxylation is 2. The van der Waals surface area contributed by atoms with Gasteiger partial charge in [-0.3, -0.25) is 9.36 Å². The molecule has 0 radical (unpaired) electrons. The number of rotatable bonds is 8. The second kappa shape index (κ2) is 10.5. The number of amides is 1. The quantitative estimate of drug-likeness (QED) is 0.175. The Bertz CT molecular complexity index is 1540. The summed E-state index contributed by atoms with van der Waals surface area (Å²) < 4.78 is 2.03. The topological polar surface area (TPSA) is 59.8 Å². The fraction of sp³-hybridized carbons (Fsp3) is 0.138. The van der Waals surface area contributed by atoms with Crippen LogP contribution >= 0.6 is 23.1 Å². The minimum atomic E-state index is -0.0854. The molecule has 0 saturated heterocycles. The third kappa shape index (κ3) is 4.85. The van der Waals surface area contributed by atoms with E-state index in [-0.39, 0.29) is 11.7 Å². The molecule has 5 aromatic rings. The number of fused-ring (bicyclic) bond motifs is 1. The normalized spacial score (nSPS) is 11.1. The van der Waals surface area contributed by atoms with E-state index in [1.54, 1.807) is 11.3 Å². The van der Waals surface area contributed by atoms with Crippen LogP contribution in [0.25, 0.3) is 33.3 Å². The van der Waals surface area contributed by atoms with Crippen LogP contribution in [0.3, 0.4) is 0 Å². The lowest BCUT2D eigenvalue weighted by Crippen LogP contribution is -2.15. The van der Waals surface area contributed by atoms with Crippen molar-refractivity contribution in [3.8, 4) is 22.5 Å². The molecule has 0 fully saturated rings. The predicted molar refractivity (Wildman–Crippen MR) is 152 cm³/mol. The summed E-state index contributed by atoms with van der Waals surface area (Å²) in [6.07, 6.45) is 1.83. The highest BCUT2D eigenvalue weighted by Gasteiger charge is 2.21. The molecule has 7 heteroatoms.